The highest BCUT2D eigenvalue weighted by Gasteiger charge is 2.17. The number of Topliss-reactive ketones (excluding diaryl/α,β-unsaturated/α-hetero) is 1. The highest BCUT2D eigenvalue weighted by atomic mass is 16.5. The number of aliphatic hydroxyl groups is 1. The fourth-order valence-electron chi connectivity index (χ4n) is 4.03. The molecule has 3 aromatic carbocycles. The number of hydrogen-bond acceptors (Lipinski definition) is 4. The average Bonchev–Trinajstić information content (AvgIpc) is 3.27. The van der Waals surface area contributed by atoms with Gasteiger partial charge in [0.1, 0.15) is 5.75 Å². The first-order valence-electron chi connectivity index (χ1n) is 13.1. The molecular weight excluding hydrogens is 460 g/mol. The van der Waals surface area contributed by atoms with Crippen LogP contribution in [0, 0.1) is 0 Å². The summed E-state index contributed by atoms with van der Waals surface area (Å²) >= 11 is 0. The number of ether oxygens (including phenoxy) is 1. The van der Waals surface area contributed by atoms with Gasteiger partial charge in [-0.3, -0.25) is 4.79 Å². The second-order valence-corrected chi connectivity index (χ2v) is 8.78. The van der Waals surface area contributed by atoms with Gasteiger partial charge in [0, 0.05) is 37.7 Å². The minimum atomic E-state index is 0.0782. The summed E-state index contributed by atoms with van der Waals surface area (Å²) in [5, 5.41) is 8.13. The number of ketones is 1. The third-order valence-corrected chi connectivity index (χ3v) is 6.06. The predicted octanol–water partition coefficient (Wildman–Crippen LogP) is 6.59. The van der Waals surface area contributed by atoms with Gasteiger partial charge in [0.05, 0.1) is 12.2 Å². The highest BCUT2D eigenvalue weighted by molar-refractivity contribution is 6.03. The monoisotopic (exact) mass is 502 g/mol. The van der Waals surface area contributed by atoms with Crippen molar-refractivity contribution in [3.8, 4) is 16.9 Å². The van der Waals surface area contributed by atoms with E-state index < -0.39 is 0 Å². The summed E-state index contributed by atoms with van der Waals surface area (Å²) in [6, 6.07) is 22.7. The fraction of sp³-hybridized carbons (Fsp3) is 0.344. The van der Waals surface area contributed by atoms with Crippen molar-refractivity contribution in [1.82, 2.24) is 4.57 Å². The van der Waals surface area contributed by atoms with Crippen LogP contribution >= 0.6 is 0 Å². The maximum Gasteiger partial charge on any atom is 0.171 e. The first-order chi connectivity index (χ1) is 18.0. The van der Waals surface area contributed by atoms with E-state index in [0.29, 0.717) is 24.3 Å². The molecule has 0 spiro atoms. The van der Waals surface area contributed by atoms with E-state index in [1.807, 2.05) is 37.4 Å². The topological polar surface area (TPSA) is 77.5 Å². The van der Waals surface area contributed by atoms with Crippen molar-refractivity contribution in [1.29, 1.82) is 0 Å². The number of hydrogen-bond donors (Lipinski definition) is 2. The van der Waals surface area contributed by atoms with E-state index in [2.05, 4.69) is 67.9 Å². The largest absolute Gasteiger partial charge is 0.493 e. The number of benzene rings is 3. The molecule has 0 saturated carbocycles. The Bertz CT molecular complexity index is 1240. The van der Waals surface area contributed by atoms with Gasteiger partial charge in [0.2, 0.25) is 0 Å². The standard InChI is InChI=1S/C28H29NO2.C3H9N.CH4O/c1-4-16-31-28-15-14-22(21-12-10-20(5-2)11-13-21)17-25(28)27(30)18-23-19-29(3)26-9-7-6-8-24(23)26;1-2-3-4;1-2/h6-15,17,19H,4-5,16,18H2,1-3H3;2-4H2,1H3;2H,1H3. The molecule has 3 N–H and O–H groups in total. The first kappa shape index (κ1) is 29.8. The van der Waals surface area contributed by atoms with E-state index in [0.717, 1.165) is 60.5 Å². The molecule has 1 aromatic heterocycles. The molecule has 0 fully saturated rings. The summed E-state index contributed by atoms with van der Waals surface area (Å²) < 4.78 is 8.02. The molecule has 1 heterocycles. The van der Waals surface area contributed by atoms with Gasteiger partial charge in [-0.05, 0) is 66.3 Å². The number of aromatic nitrogens is 1. The fourth-order valence-corrected chi connectivity index (χ4v) is 4.03. The van der Waals surface area contributed by atoms with Crippen LogP contribution in [0.15, 0.2) is 72.9 Å². The predicted molar refractivity (Wildman–Crippen MR) is 155 cm³/mol. The van der Waals surface area contributed by atoms with Crippen LogP contribution in [0.4, 0.5) is 0 Å². The van der Waals surface area contributed by atoms with Crippen LogP contribution in [0.1, 0.15) is 55.1 Å². The van der Waals surface area contributed by atoms with Gasteiger partial charge in [0.15, 0.2) is 5.78 Å². The van der Waals surface area contributed by atoms with Gasteiger partial charge in [0.25, 0.3) is 0 Å². The lowest BCUT2D eigenvalue weighted by atomic mass is 9.96. The number of aryl methyl sites for hydroxylation is 2. The van der Waals surface area contributed by atoms with Crippen molar-refractivity contribution in [2.24, 2.45) is 12.8 Å². The van der Waals surface area contributed by atoms with Crippen LogP contribution in [0.2, 0.25) is 0 Å². The van der Waals surface area contributed by atoms with Crippen molar-refractivity contribution in [2.45, 2.75) is 46.5 Å². The molecule has 0 aliphatic carbocycles. The third kappa shape index (κ3) is 8.04. The maximum absolute atomic E-state index is 13.4. The molecule has 4 rings (SSSR count). The molecule has 0 aliphatic rings. The van der Waals surface area contributed by atoms with Crippen LogP contribution in [-0.2, 0) is 19.9 Å². The van der Waals surface area contributed by atoms with Gasteiger partial charge in [-0.15, -0.1) is 0 Å². The molecule has 198 valence electrons. The molecular formula is C32H42N2O3. The second-order valence-electron chi connectivity index (χ2n) is 8.78. The summed E-state index contributed by atoms with van der Waals surface area (Å²) in [6.07, 6.45) is 5.42. The summed E-state index contributed by atoms with van der Waals surface area (Å²) in [4.78, 5) is 13.4. The Kier molecular flexibility index (Phi) is 12.6. The van der Waals surface area contributed by atoms with Crippen molar-refractivity contribution < 1.29 is 14.6 Å². The highest BCUT2D eigenvalue weighted by Crippen LogP contribution is 2.30. The zero-order valence-corrected chi connectivity index (χ0v) is 23.0. The van der Waals surface area contributed by atoms with Gasteiger partial charge in [-0.1, -0.05) is 69.3 Å². The minimum Gasteiger partial charge on any atom is -0.493 e. The van der Waals surface area contributed by atoms with Crippen LogP contribution in [-0.4, -0.2) is 35.7 Å². The molecule has 37 heavy (non-hydrogen) atoms. The number of nitrogens with zero attached hydrogens (tertiary/aromatic N) is 1. The van der Waals surface area contributed by atoms with E-state index in [1.54, 1.807) is 0 Å². The van der Waals surface area contributed by atoms with Crippen molar-refractivity contribution >= 4 is 16.7 Å². The van der Waals surface area contributed by atoms with E-state index in [1.165, 1.54) is 5.56 Å². The second kappa shape index (κ2) is 15.6. The number of carbonyl (C=O) groups excluding carboxylic acids is 1. The number of rotatable bonds is 9. The Morgan fingerprint density at radius 1 is 0.919 bits per heavy atom. The first-order valence-corrected chi connectivity index (χ1v) is 13.1. The molecule has 0 aliphatic heterocycles. The van der Waals surface area contributed by atoms with Crippen LogP contribution in [0.5, 0.6) is 5.75 Å². The van der Waals surface area contributed by atoms with Gasteiger partial charge >= 0.3 is 0 Å². The smallest absolute Gasteiger partial charge is 0.171 e. The number of carbonyl (C=O) groups is 1. The van der Waals surface area contributed by atoms with Gasteiger partial charge in [-0.2, -0.15) is 0 Å². The zero-order valence-electron chi connectivity index (χ0n) is 23.0. The summed E-state index contributed by atoms with van der Waals surface area (Å²) in [5.74, 6) is 0.746. The Hall–Kier alpha value is -3.41. The Morgan fingerprint density at radius 2 is 1.57 bits per heavy atom. The van der Waals surface area contributed by atoms with Crippen molar-refractivity contribution in [3.63, 3.8) is 0 Å². The molecule has 0 bridgehead atoms. The molecule has 5 heteroatoms. The lowest BCUT2D eigenvalue weighted by Crippen LogP contribution is -2.08. The van der Waals surface area contributed by atoms with Crippen LogP contribution < -0.4 is 10.5 Å². The summed E-state index contributed by atoms with van der Waals surface area (Å²) in [5.41, 5.74) is 11.3. The van der Waals surface area contributed by atoms with E-state index in [-0.39, 0.29) is 5.78 Å². The van der Waals surface area contributed by atoms with E-state index in [4.69, 9.17) is 15.6 Å². The quantitative estimate of drug-likeness (QED) is 0.253. The van der Waals surface area contributed by atoms with Gasteiger partial charge < -0.3 is 20.1 Å². The molecule has 0 saturated heterocycles. The Morgan fingerprint density at radius 3 is 2.19 bits per heavy atom. The number of nitrogens with two attached hydrogens (primary N) is 1. The van der Waals surface area contributed by atoms with Crippen LogP contribution in [0.25, 0.3) is 22.0 Å². The molecule has 5 nitrogen and oxygen atoms in total. The molecule has 0 atom stereocenters. The third-order valence-electron chi connectivity index (χ3n) is 6.06. The molecule has 0 unspecified atom stereocenters. The Balaban J connectivity index is 0.000000733. The zero-order chi connectivity index (χ0) is 27.2. The average molecular weight is 503 g/mol. The number of para-hydroxylation sites is 1. The molecule has 0 amide bonds. The van der Waals surface area contributed by atoms with Crippen molar-refractivity contribution in [2.75, 3.05) is 20.3 Å². The molecule has 4 aromatic rings. The lowest BCUT2D eigenvalue weighted by Gasteiger charge is -2.13. The van der Waals surface area contributed by atoms with Crippen LogP contribution in [0.3, 0.4) is 0 Å². The normalized spacial score (nSPS) is 10.2. The number of aliphatic hydroxyl groups excluding tert-OH is 1. The van der Waals surface area contributed by atoms with Crippen molar-refractivity contribution in [3.05, 3.63) is 89.6 Å². The summed E-state index contributed by atoms with van der Waals surface area (Å²) in [7, 11) is 3.02. The van der Waals surface area contributed by atoms with Gasteiger partial charge in [-0.25, -0.2) is 0 Å². The summed E-state index contributed by atoms with van der Waals surface area (Å²) in [6.45, 7) is 7.69. The molecule has 0 radical (unpaired) electrons. The minimum absolute atomic E-state index is 0.0782. The maximum atomic E-state index is 13.4. The lowest BCUT2D eigenvalue weighted by molar-refractivity contribution is 0.0989. The Labute approximate surface area is 221 Å². The SMILES string of the molecule is CCCN.CCCOc1ccc(-c2ccc(CC)cc2)cc1C(=O)Cc1cn(C)c2ccccc12.CO. The van der Waals surface area contributed by atoms with E-state index >= 15 is 0 Å². The van der Waals surface area contributed by atoms with E-state index in [9.17, 15) is 4.79 Å². The number of fused-ring (bicyclic) bond motifs is 1.